The van der Waals surface area contributed by atoms with Gasteiger partial charge in [-0.25, -0.2) is 0 Å². The zero-order valence-electron chi connectivity index (χ0n) is 11.1. The summed E-state index contributed by atoms with van der Waals surface area (Å²) in [6.07, 6.45) is 1.53. The standard InChI is InChI=1S/C13H23NO3/c1-8(2)6-13(3,4)7-14-11(15)9-5-10(9)12(16)17/h8-10H,5-7H2,1-4H3,(H,14,15)(H,16,17). The van der Waals surface area contributed by atoms with Crippen LogP contribution in [0.1, 0.15) is 40.5 Å². The van der Waals surface area contributed by atoms with Gasteiger partial charge in [-0.2, -0.15) is 0 Å². The first-order valence-corrected chi connectivity index (χ1v) is 6.23. The van der Waals surface area contributed by atoms with Gasteiger partial charge < -0.3 is 10.4 Å². The van der Waals surface area contributed by atoms with E-state index in [9.17, 15) is 9.59 Å². The average Bonchev–Trinajstić information content (AvgIpc) is 2.91. The lowest BCUT2D eigenvalue weighted by molar-refractivity contribution is -0.140. The summed E-state index contributed by atoms with van der Waals surface area (Å²) in [5.74, 6) is -1.12. The Balaban J connectivity index is 2.32. The van der Waals surface area contributed by atoms with Crippen LogP contribution in [-0.4, -0.2) is 23.5 Å². The second-order valence-corrected chi connectivity index (χ2v) is 6.27. The van der Waals surface area contributed by atoms with E-state index in [1.807, 2.05) is 0 Å². The molecule has 0 saturated heterocycles. The molecule has 1 rings (SSSR count). The van der Waals surface area contributed by atoms with E-state index in [4.69, 9.17) is 5.11 Å². The molecule has 0 spiro atoms. The van der Waals surface area contributed by atoms with Crippen LogP contribution in [0.25, 0.3) is 0 Å². The van der Waals surface area contributed by atoms with Gasteiger partial charge in [-0.05, 0) is 24.2 Å². The summed E-state index contributed by atoms with van der Waals surface area (Å²) in [4.78, 5) is 22.3. The Kier molecular flexibility index (Phi) is 4.17. The minimum absolute atomic E-state index is 0.0669. The van der Waals surface area contributed by atoms with Gasteiger partial charge in [-0.15, -0.1) is 0 Å². The normalized spacial score (nSPS) is 23.6. The van der Waals surface area contributed by atoms with Crippen molar-refractivity contribution in [2.45, 2.75) is 40.5 Å². The summed E-state index contributed by atoms with van der Waals surface area (Å²) in [7, 11) is 0. The largest absolute Gasteiger partial charge is 0.481 e. The minimum atomic E-state index is -0.855. The number of carbonyl (C=O) groups excluding carboxylic acids is 1. The van der Waals surface area contributed by atoms with E-state index in [0.717, 1.165) is 6.42 Å². The molecule has 0 aliphatic heterocycles. The van der Waals surface area contributed by atoms with E-state index in [-0.39, 0.29) is 17.2 Å². The van der Waals surface area contributed by atoms with Gasteiger partial charge in [0.25, 0.3) is 0 Å². The van der Waals surface area contributed by atoms with Crippen molar-refractivity contribution in [3.8, 4) is 0 Å². The van der Waals surface area contributed by atoms with Crippen molar-refractivity contribution in [3.63, 3.8) is 0 Å². The fraction of sp³-hybridized carbons (Fsp3) is 0.846. The van der Waals surface area contributed by atoms with E-state index in [1.165, 1.54) is 0 Å². The molecule has 1 aliphatic rings. The Bertz CT molecular complexity index is 310. The first-order valence-electron chi connectivity index (χ1n) is 6.23. The Morgan fingerprint density at radius 3 is 2.35 bits per heavy atom. The Morgan fingerprint density at radius 1 is 1.35 bits per heavy atom. The molecule has 0 aromatic heterocycles. The molecule has 4 heteroatoms. The number of amides is 1. The number of carbonyl (C=O) groups is 2. The lowest BCUT2D eigenvalue weighted by Crippen LogP contribution is -2.36. The molecule has 1 fully saturated rings. The highest BCUT2D eigenvalue weighted by atomic mass is 16.4. The molecule has 2 N–H and O–H groups in total. The maximum atomic E-state index is 11.7. The molecule has 1 saturated carbocycles. The van der Waals surface area contributed by atoms with Crippen LogP contribution in [-0.2, 0) is 9.59 Å². The smallest absolute Gasteiger partial charge is 0.307 e. The molecule has 1 amide bonds. The van der Waals surface area contributed by atoms with Crippen LogP contribution in [0.5, 0.6) is 0 Å². The second kappa shape index (κ2) is 5.07. The fourth-order valence-electron chi connectivity index (χ4n) is 2.39. The molecule has 98 valence electrons. The van der Waals surface area contributed by atoms with Gasteiger partial charge >= 0.3 is 5.97 Å². The lowest BCUT2D eigenvalue weighted by atomic mass is 9.84. The SMILES string of the molecule is CC(C)CC(C)(C)CNC(=O)C1CC1C(=O)O. The predicted octanol–water partition coefficient (Wildman–Crippen LogP) is 1.90. The van der Waals surface area contributed by atoms with Gasteiger partial charge in [0, 0.05) is 6.54 Å². The molecule has 4 nitrogen and oxygen atoms in total. The van der Waals surface area contributed by atoms with Crippen LogP contribution in [0.2, 0.25) is 0 Å². The summed E-state index contributed by atoms with van der Waals surface area (Å²) in [6, 6.07) is 0. The highest BCUT2D eigenvalue weighted by molar-refractivity contribution is 5.89. The predicted molar refractivity (Wildman–Crippen MR) is 65.5 cm³/mol. The third-order valence-corrected chi connectivity index (χ3v) is 3.15. The van der Waals surface area contributed by atoms with Crippen LogP contribution in [0.15, 0.2) is 0 Å². The van der Waals surface area contributed by atoms with Gasteiger partial charge in [0.1, 0.15) is 0 Å². The highest BCUT2D eigenvalue weighted by Gasteiger charge is 2.48. The van der Waals surface area contributed by atoms with Crippen LogP contribution < -0.4 is 5.32 Å². The third kappa shape index (κ3) is 4.36. The summed E-state index contributed by atoms with van der Waals surface area (Å²) in [5, 5.41) is 11.6. The van der Waals surface area contributed by atoms with Gasteiger partial charge in [0.05, 0.1) is 11.8 Å². The Morgan fingerprint density at radius 2 is 1.94 bits per heavy atom. The van der Waals surface area contributed by atoms with Crippen molar-refractivity contribution in [2.24, 2.45) is 23.2 Å². The van der Waals surface area contributed by atoms with Crippen molar-refractivity contribution >= 4 is 11.9 Å². The van der Waals surface area contributed by atoms with Gasteiger partial charge in [0.15, 0.2) is 0 Å². The number of rotatable bonds is 6. The van der Waals surface area contributed by atoms with Crippen LogP contribution in [0, 0.1) is 23.2 Å². The topological polar surface area (TPSA) is 66.4 Å². The third-order valence-electron chi connectivity index (χ3n) is 3.15. The number of carboxylic acid groups (broad SMARTS) is 1. The molecule has 17 heavy (non-hydrogen) atoms. The Labute approximate surface area is 103 Å². The number of aliphatic carboxylic acids is 1. The first kappa shape index (κ1) is 14.0. The molecule has 0 aromatic carbocycles. The van der Waals surface area contributed by atoms with Crippen molar-refractivity contribution in [2.75, 3.05) is 6.54 Å². The molecular weight excluding hydrogens is 218 g/mol. The number of carboxylic acids is 1. The number of hydrogen-bond donors (Lipinski definition) is 2. The molecule has 0 aromatic rings. The quantitative estimate of drug-likeness (QED) is 0.746. The van der Waals surface area contributed by atoms with E-state index < -0.39 is 11.9 Å². The van der Waals surface area contributed by atoms with Gasteiger partial charge in [-0.3, -0.25) is 9.59 Å². The molecule has 2 atom stereocenters. The molecular formula is C13H23NO3. The minimum Gasteiger partial charge on any atom is -0.481 e. The first-order chi connectivity index (χ1) is 7.73. The molecule has 0 heterocycles. The van der Waals surface area contributed by atoms with Crippen molar-refractivity contribution in [1.29, 1.82) is 0 Å². The Hall–Kier alpha value is -1.06. The summed E-state index contributed by atoms with van der Waals surface area (Å²) < 4.78 is 0. The van der Waals surface area contributed by atoms with Crippen LogP contribution in [0.4, 0.5) is 0 Å². The molecule has 1 aliphatic carbocycles. The fourth-order valence-corrected chi connectivity index (χ4v) is 2.39. The zero-order valence-corrected chi connectivity index (χ0v) is 11.1. The number of hydrogen-bond acceptors (Lipinski definition) is 2. The van der Waals surface area contributed by atoms with Crippen LogP contribution >= 0.6 is 0 Å². The summed E-state index contributed by atoms with van der Waals surface area (Å²) in [6.45, 7) is 9.17. The number of nitrogens with one attached hydrogen (secondary N) is 1. The highest BCUT2D eigenvalue weighted by Crippen LogP contribution is 2.38. The van der Waals surface area contributed by atoms with Gasteiger partial charge in [0.2, 0.25) is 5.91 Å². The average molecular weight is 241 g/mol. The van der Waals surface area contributed by atoms with Crippen molar-refractivity contribution in [3.05, 3.63) is 0 Å². The molecule has 2 unspecified atom stereocenters. The van der Waals surface area contributed by atoms with Gasteiger partial charge in [-0.1, -0.05) is 27.7 Å². The summed E-state index contributed by atoms with van der Waals surface area (Å²) >= 11 is 0. The maximum absolute atomic E-state index is 11.7. The summed E-state index contributed by atoms with van der Waals surface area (Å²) in [5.41, 5.74) is 0.0669. The van der Waals surface area contributed by atoms with Crippen molar-refractivity contribution in [1.82, 2.24) is 5.32 Å². The second-order valence-electron chi connectivity index (χ2n) is 6.27. The monoisotopic (exact) mass is 241 g/mol. The van der Waals surface area contributed by atoms with E-state index in [1.54, 1.807) is 0 Å². The van der Waals surface area contributed by atoms with E-state index in [0.29, 0.717) is 18.9 Å². The maximum Gasteiger partial charge on any atom is 0.307 e. The molecule has 0 bridgehead atoms. The lowest BCUT2D eigenvalue weighted by Gasteiger charge is -2.27. The molecule has 0 radical (unpaired) electrons. The van der Waals surface area contributed by atoms with Crippen molar-refractivity contribution < 1.29 is 14.7 Å². The van der Waals surface area contributed by atoms with E-state index in [2.05, 4.69) is 33.0 Å². The van der Waals surface area contributed by atoms with E-state index >= 15 is 0 Å². The zero-order chi connectivity index (χ0) is 13.2. The van der Waals surface area contributed by atoms with Crippen LogP contribution in [0.3, 0.4) is 0 Å².